The predicted molar refractivity (Wildman–Crippen MR) is 64.8 cm³/mol. The van der Waals surface area contributed by atoms with Crippen LogP contribution in [0.25, 0.3) is 0 Å². The van der Waals surface area contributed by atoms with Crippen LogP contribution < -0.4 is 5.32 Å². The Kier molecular flexibility index (Phi) is 3.36. The molecular formula is C12H13FN4O. The van der Waals surface area contributed by atoms with Gasteiger partial charge in [0, 0.05) is 11.6 Å². The lowest BCUT2D eigenvalue weighted by Crippen LogP contribution is -2.13. The summed E-state index contributed by atoms with van der Waals surface area (Å²) < 4.78 is 12.7. The van der Waals surface area contributed by atoms with Gasteiger partial charge in [0.25, 0.3) is 5.91 Å². The van der Waals surface area contributed by atoms with Crippen molar-refractivity contribution in [3.8, 4) is 0 Å². The zero-order valence-electron chi connectivity index (χ0n) is 10.1. The Balaban J connectivity index is 2.09. The van der Waals surface area contributed by atoms with Gasteiger partial charge in [-0.05, 0) is 24.3 Å². The molecule has 0 atom stereocenters. The Bertz CT molecular complexity index is 547. The molecule has 0 saturated heterocycles. The van der Waals surface area contributed by atoms with Crippen molar-refractivity contribution in [3.63, 3.8) is 0 Å². The molecule has 0 radical (unpaired) electrons. The number of H-pyrrole nitrogens is 1. The molecule has 5 nitrogen and oxygen atoms in total. The number of hydrogen-bond donors (Lipinski definition) is 2. The van der Waals surface area contributed by atoms with E-state index >= 15 is 0 Å². The fourth-order valence-electron chi connectivity index (χ4n) is 1.35. The zero-order chi connectivity index (χ0) is 13.1. The van der Waals surface area contributed by atoms with Crippen LogP contribution in [0, 0.1) is 5.82 Å². The fourth-order valence-corrected chi connectivity index (χ4v) is 1.35. The van der Waals surface area contributed by atoms with Gasteiger partial charge < -0.3 is 5.32 Å². The van der Waals surface area contributed by atoms with Gasteiger partial charge >= 0.3 is 0 Å². The molecule has 0 aliphatic rings. The van der Waals surface area contributed by atoms with Crippen LogP contribution in [-0.2, 0) is 0 Å². The van der Waals surface area contributed by atoms with E-state index in [1.165, 1.54) is 24.3 Å². The van der Waals surface area contributed by atoms with Gasteiger partial charge in [-0.15, -0.1) is 5.10 Å². The largest absolute Gasteiger partial charge is 0.319 e. The van der Waals surface area contributed by atoms with Gasteiger partial charge in [0.1, 0.15) is 11.6 Å². The van der Waals surface area contributed by atoms with Crippen LogP contribution in [0.1, 0.15) is 36.2 Å². The van der Waals surface area contributed by atoms with Crippen molar-refractivity contribution in [2.45, 2.75) is 19.8 Å². The number of anilines is 1. The van der Waals surface area contributed by atoms with Crippen LogP contribution in [0.4, 0.5) is 10.1 Å². The maximum absolute atomic E-state index is 12.7. The van der Waals surface area contributed by atoms with Crippen LogP contribution in [0.5, 0.6) is 0 Å². The van der Waals surface area contributed by atoms with Crippen LogP contribution in [0.3, 0.4) is 0 Å². The summed E-state index contributed by atoms with van der Waals surface area (Å²) in [6.45, 7) is 3.89. The molecule has 0 unspecified atom stereocenters. The number of nitrogens with zero attached hydrogens (tertiary/aromatic N) is 2. The molecule has 0 fully saturated rings. The Hall–Kier alpha value is -2.24. The Morgan fingerprint density at radius 1 is 1.33 bits per heavy atom. The Morgan fingerprint density at radius 3 is 2.56 bits per heavy atom. The molecule has 2 rings (SSSR count). The lowest BCUT2D eigenvalue weighted by Gasteiger charge is -2.01. The van der Waals surface area contributed by atoms with Gasteiger partial charge in [0.15, 0.2) is 0 Å². The third kappa shape index (κ3) is 2.71. The van der Waals surface area contributed by atoms with Crippen LogP contribution in [0.2, 0.25) is 0 Å². The quantitative estimate of drug-likeness (QED) is 0.875. The van der Waals surface area contributed by atoms with Gasteiger partial charge in [-0.3, -0.25) is 9.89 Å². The van der Waals surface area contributed by atoms with Gasteiger partial charge in [-0.2, -0.15) is 0 Å². The van der Waals surface area contributed by atoms with Crippen molar-refractivity contribution >= 4 is 11.6 Å². The minimum atomic E-state index is -0.426. The third-order valence-electron chi connectivity index (χ3n) is 2.35. The summed E-state index contributed by atoms with van der Waals surface area (Å²) in [5, 5.41) is 9.11. The van der Waals surface area contributed by atoms with Crippen molar-refractivity contribution in [3.05, 3.63) is 41.7 Å². The smallest absolute Gasteiger partial charge is 0.295 e. The number of benzene rings is 1. The molecule has 0 spiro atoms. The molecule has 0 saturated carbocycles. The Labute approximate surface area is 103 Å². The summed E-state index contributed by atoms with van der Waals surface area (Å²) in [6, 6.07) is 5.49. The van der Waals surface area contributed by atoms with Crippen molar-refractivity contribution in [1.82, 2.24) is 15.2 Å². The van der Waals surface area contributed by atoms with E-state index in [1.54, 1.807) is 0 Å². The average Bonchev–Trinajstić information content (AvgIpc) is 2.81. The topological polar surface area (TPSA) is 70.7 Å². The molecule has 1 heterocycles. The number of halogens is 1. The van der Waals surface area contributed by atoms with Crippen LogP contribution >= 0.6 is 0 Å². The van der Waals surface area contributed by atoms with Gasteiger partial charge in [-0.25, -0.2) is 9.37 Å². The summed E-state index contributed by atoms with van der Waals surface area (Å²) in [5.41, 5.74) is 0.497. The number of aromatic nitrogens is 3. The van der Waals surface area contributed by atoms with Crippen LogP contribution in [0.15, 0.2) is 24.3 Å². The Morgan fingerprint density at radius 2 is 2.00 bits per heavy atom. The number of rotatable bonds is 3. The van der Waals surface area contributed by atoms with Crippen molar-refractivity contribution in [1.29, 1.82) is 0 Å². The molecule has 2 N–H and O–H groups in total. The van der Waals surface area contributed by atoms with Crippen LogP contribution in [-0.4, -0.2) is 21.1 Å². The van der Waals surface area contributed by atoms with Crippen molar-refractivity contribution < 1.29 is 9.18 Å². The zero-order valence-corrected chi connectivity index (χ0v) is 10.1. The SMILES string of the molecule is CC(C)c1nc(C(=O)Nc2ccc(F)cc2)n[nH]1. The summed E-state index contributed by atoms with van der Waals surface area (Å²) in [6.07, 6.45) is 0. The summed E-state index contributed by atoms with van der Waals surface area (Å²) in [5.74, 6) is 0.116. The maximum atomic E-state index is 12.7. The maximum Gasteiger partial charge on any atom is 0.295 e. The first kappa shape index (κ1) is 12.2. The minimum absolute atomic E-state index is 0.0722. The van der Waals surface area contributed by atoms with Crippen molar-refractivity contribution in [2.24, 2.45) is 0 Å². The number of carbonyl (C=O) groups excluding carboxylic acids is 1. The van der Waals surface area contributed by atoms with E-state index in [0.717, 1.165) is 0 Å². The molecule has 2 aromatic rings. The highest BCUT2D eigenvalue weighted by atomic mass is 19.1. The van der Waals surface area contributed by atoms with Gasteiger partial charge in [0.2, 0.25) is 5.82 Å². The highest BCUT2D eigenvalue weighted by molar-refractivity contribution is 6.01. The first-order chi connectivity index (χ1) is 8.56. The second-order valence-electron chi connectivity index (χ2n) is 4.16. The molecule has 1 aromatic carbocycles. The van der Waals surface area contributed by atoms with Crippen molar-refractivity contribution in [2.75, 3.05) is 5.32 Å². The second kappa shape index (κ2) is 4.95. The van der Waals surface area contributed by atoms with E-state index < -0.39 is 5.91 Å². The molecular weight excluding hydrogens is 235 g/mol. The van der Waals surface area contributed by atoms with E-state index in [4.69, 9.17) is 0 Å². The van der Waals surface area contributed by atoms with E-state index in [9.17, 15) is 9.18 Å². The lowest BCUT2D eigenvalue weighted by atomic mass is 10.2. The first-order valence-corrected chi connectivity index (χ1v) is 5.55. The number of nitrogens with one attached hydrogen (secondary N) is 2. The standard InChI is InChI=1S/C12H13FN4O/c1-7(2)10-15-11(17-16-10)12(18)14-9-5-3-8(13)4-6-9/h3-7H,1-2H3,(H,14,18)(H,15,16,17). The monoisotopic (exact) mass is 248 g/mol. The molecule has 0 bridgehead atoms. The molecule has 0 aliphatic heterocycles. The number of carbonyl (C=O) groups is 1. The molecule has 1 aromatic heterocycles. The van der Waals surface area contributed by atoms with E-state index in [-0.39, 0.29) is 17.6 Å². The van der Waals surface area contributed by atoms with Gasteiger partial charge in [0.05, 0.1) is 0 Å². The second-order valence-corrected chi connectivity index (χ2v) is 4.16. The van der Waals surface area contributed by atoms with E-state index in [2.05, 4.69) is 20.5 Å². The third-order valence-corrected chi connectivity index (χ3v) is 2.35. The molecule has 18 heavy (non-hydrogen) atoms. The predicted octanol–water partition coefficient (Wildman–Crippen LogP) is 2.32. The molecule has 1 amide bonds. The highest BCUT2D eigenvalue weighted by Crippen LogP contribution is 2.11. The average molecular weight is 248 g/mol. The van der Waals surface area contributed by atoms with Gasteiger partial charge in [-0.1, -0.05) is 13.8 Å². The number of aromatic amines is 1. The summed E-state index contributed by atoms with van der Waals surface area (Å²) >= 11 is 0. The lowest BCUT2D eigenvalue weighted by molar-refractivity contribution is 0.101. The van der Waals surface area contributed by atoms with E-state index in [1.807, 2.05) is 13.8 Å². The fraction of sp³-hybridized carbons (Fsp3) is 0.250. The summed E-state index contributed by atoms with van der Waals surface area (Å²) in [7, 11) is 0. The molecule has 6 heteroatoms. The number of amides is 1. The normalized spacial score (nSPS) is 10.7. The van der Waals surface area contributed by atoms with E-state index in [0.29, 0.717) is 11.5 Å². The number of hydrogen-bond acceptors (Lipinski definition) is 3. The minimum Gasteiger partial charge on any atom is -0.319 e. The first-order valence-electron chi connectivity index (χ1n) is 5.55. The molecule has 94 valence electrons. The highest BCUT2D eigenvalue weighted by Gasteiger charge is 2.14. The molecule has 0 aliphatic carbocycles. The summed E-state index contributed by atoms with van der Waals surface area (Å²) in [4.78, 5) is 15.9.